The van der Waals surface area contributed by atoms with Crippen molar-refractivity contribution in [3.05, 3.63) is 64.7 Å². The lowest BCUT2D eigenvalue weighted by molar-refractivity contribution is 0.270. The number of benzene rings is 2. The third-order valence-corrected chi connectivity index (χ3v) is 4.59. The molecule has 0 spiro atoms. The first-order chi connectivity index (χ1) is 10.1. The number of halogens is 1. The summed E-state index contributed by atoms with van der Waals surface area (Å²) in [6, 6.07) is 16.5. The zero-order valence-corrected chi connectivity index (χ0v) is 12.8. The average molecular weight is 302 g/mol. The fourth-order valence-corrected chi connectivity index (χ4v) is 3.13. The fourth-order valence-electron chi connectivity index (χ4n) is 3.00. The molecule has 1 unspecified atom stereocenters. The standard InChI is InChI=1S/C18H20ClNO/c1-12(14-3-2-4-18(21)11-14)20-17-9-15(10-17)13-5-7-16(19)8-6-13/h2-8,11-12,15,17,20-21H,9-10H2,1H3. The Hall–Kier alpha value is -1.51. The van der Waals surface area contributed by atoms with E-state index in [0.29, 0.717) is 17.7 Å². The first kappa shape index (κ1) is 14.4. The van der Waals surface area contributed by atoms with Gasteiger partial charge in [-0.2, -0.15) is 0 Å². The Morgan fingerprint density at radius 3 is 2.52 bits per heavy atom. The van der Waals surface area contributed by atoms with Crippen LogP contribution in [0.5, 0.6) is 5.75 Å². The van der Waals surface area contributed by atoms with Crippen LogP contribution in [0, 0.1) is 0 Å². The highest BCUT2D eigenvalue weighted by atomic mass is 35.5. The topological polar surface area (TPSA) is 32.3 Å². The number of hydrogen-bond donors (Lipinski definition) is 2. The number of rotatable bonds is 4. The highest BCUT2D eigenvalue weighted by Crippen LogP contribution is 2.38. The highest BCUT2D eigenvalue weighted by molar-refractivity contribution is 6.30. The summed E-state index contributed by atoms with van der Waals surface area (Å²) in [6.45, 7) is 2.14. The maximum atomic E-state index is 9.54. The molecule has 1 fully saturated rings. The minimum Gasteiger partial charge on any atom is -0.508 e. The molecular formula is C18H20ClNO. The summed E-state index contributed by atoms with van der Waals surface area (Å²) in [5.41, 5.74) is 2.51. The number of nitrogens with one attached hydrogen (secondary N) is 1. The summed E-state index contributed by atoms with van der Waals surface area (Å²) < 4.78 is 0. The molecule has 0 saturated heterocycles. The Bertz CT molecular complexity index is 605. The number of phenolic OH excluding ortho intramolecular Hbond substituents is 1. The Morgan fingerprint density at radius 1 is 1.14 bits per heavy atom. The molecule has 2 N–H and O–H groups in total. The Morgan fingerprint density at radius 2 is 1.86 bits per heavy atom. The largest absolute Gasteiger partial charge is 0.508 e. The maximum Gasteiger partial charge on any atom is 0.115 e. The van der Waals surface area contributed by atoms with Crippen molar-refractivity contribution in [3.8, 4) is 5.75 Å². The summed E-state index contributed by atoms with van der Waals surface area (Å²) in [6.07, 6.45) is 2.32. The van der Waals surface area contributed by atoms with Crippen LogP contribution >= 0.6 is 11.6 Å². The quantitative estimate of drug-likeness (QED) is 0.862. The predicted molar refractivity (Wildman–Crippen MR) is 86.9 cm³/mol. The lowest BCUT2D eigenvalue weighted by atomic mass is 9.75. The molecule has 2 aromatic carbocycles. The van der Waals surface area contributed by atoms with Gasteiger partial charge in [0, 0.05) is 17.1 Å². The second kappa shape index (κ2) is 6.08. The van der Waals surface area contributed by atoms with Crippen LogP contribution in [0.15, 0.2) is 48.5 Å². The van der Waals surface area contributed by atoms with Crippen LogP contribution in [0.4, 0.5) is 0 Å². The molecule has 21 heavy (non-hydrogen) atoms. The van der Waals surface area contributed by atoms with Crippen LogP contribution < -0.4 is 5.32 Å². The second-order valence-electron chi connectivity index (χ2n) is 5.90. The van der Waals surface area contributed by atoms with E-state index in [-0.39, 0.29) is 6.04 Å². The van der Waals surface area contributed by atoms with E-state index in [1.807, 2.05) is 30.3 Å². The lowest BCUT2D eigenvalue weighted by Crippen LogP contribution is -2.41. The van der Waals surface area contributed by atoms with Crippen molar-refractivity contribution in [1.29, 1.82) is 0 Å². The van der Waals surface area contributed by atoms with E-state index in [1.165, 1.54) is 5.56 Å². The van der Waals surface area contributed by atoms with Crippen molar-refractivity contribution < 1.29 is 5.11 Å². The molecule has 1 saturated carbocycles. The average Bonchev–Trinajstić information content (AvgIpc) is 2.43. The van der Waals surface area contributed by atoms with Gasteiger partial charge in [-0.3, -0.25) is 0 Å². The van der Waals surface area contributed by atoms with Crippen molar-refractivity contribution in [2.45, 2.75) is 37.8 Å². The third kappa shape index (κ3) is 3.39. The van der Waals surface area contributed by atoms with E-state index in [9.17, 15) is 5.11 Å². The van der Waals surface area contributed by atoms with E-state index in [1.54, 1.807) is 6.07 Å². The van der Waals surface area contributed by atoms with Gasteiger partial charge in [-0.25, -0.2) is 0 Å². The van der Waals surface area contributed by atoms with Gasteiger partial charge < -0.3 is 10.4 Å². The van der Waals surface area contributed by atoms with Crippen LogP contribution in [0.3, 0.4) is 0 Å². The number of phenols is 1. The van der Waals surface area contributed by atoms with Crippen LogP contribution in [0.1, 0.15) is 42.9 Å². The van der Waals surface area contributed by atoms with Gasteiger partial charge >= 0.3 is 0 Å². The molecule has 0 heterocycles. The van der Waals surface area contributed by atoms with Crippen molar-refractivity contribution >= 4 is 11.6 Å². The highest BCUT2D eigenvalue weighted by Gasteiger charge is 2.31. The first-order valence-corrected chi connectivity index (χ1v) is 7.80. The van der Waals surface area contributed by atoms with Gasteiger partial charge in [0.05, 0.1) is 0 Å². The van der Waals surface area contributed by atoms with Gasteiger partial charge in [-0.05, 0) is 61.1 Å². The van der Waals surface area contributed by atoms with E-state index >= 15 is 0 Å². The van der Waals surface area contributed by atoms with E-state index in [2.05, 4.69) is 24.4 Å². The molecule has 3 rings (SSSR count). The van der Waals surface area contributed by atoms with Crippen LogP contribution in [-0.2, 0) is 0 Å². The smallest absolute Gasteiger partial charge is 0.115 e. The van der Waals surface area contributed by atoms with Gasteiger partial charge in [0.25, 0.3) is 0 Å². The molecular weight excluding hydrogens is 282 g/mol. The van der Waals surface area contributed by atoms with E-state index in [4.69, 9.17) is 11.6 Å². The minimum absolute atomic E-state index is 0.258. The van der Waals surface area contributed by atoms with Crippen LogP contribution in [0.2, 0.25) is 5.02 Å². The van der Waals surface area contributed by atoms with Crippen molar-refractivity contribution in [2.24, 2.45) is 0 Å². The first-order valence-electron chi connectivity index (χ1n) is 7.42. The van der Waals surface area contributed by atoms with Crippen LogP contribution in [-0.4, -0.2) is 11.1 Å². The van der Waals surface area contributed by atoms with Gasteiger partial charge in [0.1, 0.15) is 5.75 Å². The summed E-state index contributed by atoms with van der Waals surface area (Å²) in [5, 5.41) is 14.0. The molecule has 0 radical (unpaired) electrons. The Labute approximate surface area is 130 Å². The van der Waals surface area contributed by atoms with Crippen molar-refractivity contribution in [1.82, 2.24) is 5.32 Å². The molecule has 2 aromatic rings. The summed E-state index contributed by atoms with van der Waals surface area (Å²) in [7, 11) is 0. The Balaban J connectivity index is 1.54. The molecule has 0 amide bonds. The predicted octanol–water partition coefficient (Wildman–Crippen LogP) is 4.64. The summed E-state index contributed by atoms with van der Waals surface area (Å²) in [5.74, 6) is 0.963. The fraction of sp³-hybridized carbons (Fsp3) is 0.333. The van der Waals surface area contributed by atoms with E-state index in [0.717, 1.165) is 23.4 Å². The second-order valence-corrected chi connectivity index (χ2v) is 6.34. The Kier molecular flexibility index (Phi) is 4.18. The SMILES string of the molecule is CC(NC1CC(c2ccc(Cl)cc2)C1)c1cccc(O)c1. The molecule has 1 aliphatic rings. The zero-order valence-electron chi connectivity index (χ0n) is 12.1. The summed E-state index contributed by atoms with van der Waals surface area (Å²) >= 11 is 5.92. The molecule has 0 aliphatic heterocycles. The maximum absolute atomic E-state index is 9.54. The van der Waals surface area contributed by atoms with Gasteiger partial charge in [0.2, 0.25) is 0 Å². The van der Waals surface area contributed by atoms with Gasteiger partial charge in [-0.15, -0.1) is 0 Å². The normalized spacial score (nSPS) is 22.6. The van der Waals surface area contributed by atoms with Crippen molar-refractivity contribution in [2.75, 3.05) is 0 Å². The number of aromatic hydroxyl groups is 1. The lowest BCUT2D eigenvalue weighted by Gasteiger charge is -2.38. The molecule has 110 valence electrons. The molecule has 0 bridgehead atoms. The number of hydrogen-bond acceptors (Lipinski definition) is 2. The van der Waals surface area contributed by atoms with Crippen LogP contribution in [0.25, 0.3) is 0 Å². The molecule has 0 aromatic heterocycles. The molecule has 1 atom stereocenters. The van der Waals surface area contributed by atoms with Crippen molar-refractivity contribution in [3.63, 3.8) is 0 Å². The molecule has 2 nitrogen and oxygen atoms in total. The third-order valence-electron chi connectivity index (χ3n) is 4.34. The van der Waals surface area contributed by atoms with E-state index < -0.39 is 0 Å². The molecule has 3 heteroatoms. The van der Waals surface area contributed by atoms with Gasteiger partial charge in [0.15, 0.2) is 0 Å². The zero-order chi connectivity index (χ0) is 14.8. The summed E-state index contributed by atoms with van der Waals surface area (Å²) in [4.78, 5) is 0. The monoisotopic (exact) mass is 301 g/mol. The van der Waals surface area contributed by atoms with Gasteiger partial charge in [-0.1, -0.05) is 35.9 Å². The molecule has 1 aliphatic carbocycles. The minimum atomic E-state index is 0.258.